The number of furan rings is 1. The third-order valence-electron chi connectivity index (χ3n) is 4.21. The van der Waals surface area contributed by atoms with Crippen molar-refractivity contribution in [1.29, 1.82) is 0 Å². The molecular formula is C16H17NO7S. The van der Waals surface area contributed by atoms with E-state index in [1.54, 1.807) is 6.07 Å². The van der Waals surface area contributed by atoms with Crippen molar-refractivity contribution in [2.75, 3.05) is 0 Å². The maximum atomic E-state index is 12.4. The highest BCUT2D eigenvalue weighted by Gasteiger charge is 2.28. The van der Waals surface area contributed by atoms with Gasteiger partial charge in [-0.15, -0.1) is 0 Å². The van der Waals surface area contributed by atoms with Crippen LogP contribution in [-0.4, -0.2) is 36.6 Å². The molecular weight excluding hydrogens is 350 g/mol. The first-order chi connectivity index (χ1) is 11.8. The van der Waals surface area contributed by atoms with Crippen molar-refractivity contribution in [3.8, 4) is 0 Å². The summed E-state index contributed by atoms with van der Waals surface area (Å²) in [7, 11) is -4.20. The number of sulfonamides is 1. The zero-order valence-corrected chi connectivity index (χ0v) is 14.0. The van der Waals surface area contributed by atoms with Crippen LogP contribution in [0.1, 0.15) is 30.6 Å². The van der Waals surface area contributed by atoms with Crippen LogP contribution in [0.25, 0.3) is 11.0 Å². The molecule has 0 saturated carbocycles. The Kier molecular flexibility index (Phi) is 4.53. The van der Waals surface area contributed by atoms with E-state index in [1.165, 1.54) is 12.1 Å². The molecule has 1 atom stereocenters. The van der Waals surface area contributed by atoms with E-state index in [1.807, 2.05) is 4.72 Å². The summed E-state index contributed by atoms with van der Waals surface area (Å²) in [5.74, 6) is -2.11. The first-order valence-corrected chi connectivity index (χ1v) is 9.27. The molecule has 0 radical (unpaired) electrons. The van der Waals surface area contributed by atoms with Gasteiger partial charge < -0.3 is 14.6 Å². The van der Waals surface area contributed by atoms with Gasteiger partial charge in [0.05, 0.1) is 11.3 Å². The van der Waals surface area contributed by atoms with Gasteiger partial charge in [-0.05, 0) is 31.4 Å². The minimum atomic E-state index is -4.20. The molecule has 0 spiro atoms. The van der Waals surface area contributed by atoms with E-state index in [2.05, 4.69) is 0 Å². The second-order valence-corrected chi connectivity index (χ2v) is 7.69. The summed E-state index contributed by atoms with van der Waals surface area (Å²) in [5.41, 5.74) is 1.52. The highest BCUT2D eigenvalue weighted by Crippen LogP contribution is 2.33. The number of carboxylic acids is 2. The summed E-state index contributed by atoms with van der Waals surface area (Å²) < 4.78 is 32.5. The number of benzene rings is 1. The average Bonchev–Trinajstić information content (AvgIpc) is 2.91. The number of hydrogen-bond donors (Lipinski definition) is 3. The normalized spacial score (nSPS) is 15.7. The highest BCUT2D eigenvalue weighted by atomic mass is 32.2. The van der Waals surface area contributed by atoms with E-state index >= 15 is 0 Å². The molecule has 1 aromatic heterocycles. The van der Waals surface area contributed by atoms with Crippen molar-refractivity contribution in [2.45, 2.75) is 43.0 Å². The Labute approximate surface area is 143 Å². The number of nitrogens with one attached hydrogen (secondary N) is 1. The second-order valence-electron chi connectivity index (χ2n) is 5.98. The Balaban J connectivity index is 1.94. The van der Waals surface area contributed by atoms with Crippen LogP contribution >= 0.6 is 0 Å². The van der Waals surface area contributed by atoms with Crippen LogP contribution in [0.4, 0.5) is 0 Å². The van der Waals surface area contributed by atoms with Crippen molar-refractivity contribution in [3.63, 3.8) is 0 Å². The molecule has 134 valence electrons. The lowest BCUT2D eigenvalue weighted by Crippen LogP contribution is -2.42. The number of carboxylic acid groups (broad SMARTS) is 2. The predicted octanol–water partition coefficient (Wildman–Crippen LogP) is 1.52. The fourth-order valence-electron chi connectivity index (χ4n) is 3.02. The smallest absolute Gasteiger partial charge is 0.322 e. The Morgan fingerprint density at radius 1 is 1.20 bits per heavy atom. The number of fused-ring (bicyclic) bond motifs is 3. The molecule has 0 amide bonds. The van der Waals surface area contributed by atoms with Gasteiger partial charge in [0.25, 0.3) is 0 Å². The Hall–Kier alpha value is -2.39. The Bertz CT molecular complexity index is 945. The fraction of sp³-hybridized carbons (Fsp3) is 0.375. The maximum Gasteiger partial charge on any atom is 0.322 e. The molecule has 25 heavy (non-hydrogen) atoms. The van der Waals surface area contributed by atoms with Gasteiger partial charge in [0, 0.05) is 23.4 Å². The number of rotatable bonds is 6. The minimum absolute atomic E-state index is 0.164. The number of carbonyl (C=O) groups is 2. The quantitative estimate of drug-likeness (QED) is 0.704. The van der Waals surface area contributed by atoms with Gasteiger partial charge in [-0.2, -0.15) is 4.72 Å². The molecule has 1 aliphatic carbocycles. The van der Waals surface area contributed by atoms with Gasteiger partial charge in [-0.3, -0.25) is 9.59 Å². The zero-order chi connectivity index (χ0) is 18.2. The van der Waals surface area contributed by atoms with Crippen LogP contribution in [0, 0.1) is 0 Å². The summed E-state index contributed by atoms with van der Waals surface area (Å²) >= 11 is 0. The van der Waals surface area contributed by atoms with Crippen LogP contribution < -0.4 is 4.72 Å². The molecule has 0 aliphatic heterocycles. The number of aliphatic carboxylic acids is 2. The van der Waals surface area contributed by atoms with Crippen LogP contribution in [0.3, 0.4) is 0 Å². The van der Waals surface area contributed by atoms with Crippen LogP contribution in [0.5, 0.6) is 0 Å². The fourth-order valence-corrected chi connectivity index (χ4v) is 4.22. The lowest BCUT2D eigenvalue weighted by atomic mass is 9.96. The minimum Gasteiger partial charge on any atom is -0.481 e. The lowest BCUT2D eigenvalue weighted by molar-refractivity contribution is -0.145. The summed E-state index contributed by atoms with van der Waals surface area (Å²) in [4.78, 5) is 21.6. The predicted molar refractivity (Wildman–Crippen MR) is 86.9 cm³/mol. The van der Waals surface area contributed by atoms with Gasteiger partial charge in [-0.1, -0.05) is 0 Å². The standard InChI is InChI=1S/C16H17NO7S/c18-15(19)8-12(16(20)21)17-25(22,23)9-5-6-11-10-3-1-2-4-13(10)24-14(11)7-9/h5-7,12,17H,1-4,8H2,(H,18,19)(H,20,21)/t12-/m1/s1. The maximum absolute atomic E-state index is 12.4. The van der Waals surface area contributed by atoms with E-state index in [-0.39, 0.29) is 4.90 Å². The van der Waals surface area contributed by atoms with E-state index in [0.717, 1.165) is 42.4 Å². The first-order valence-electron chi connectivity index (χ1n) is 7.79. The molecule has 1 aromatic carbocycles. The van der Waals surface area contributed by atoms with Gasteiger partial charge in [-0.25, -0.2) is 8.42 Å². The van der Waals surface area contributed by atoms with Crippen LogP contribution in [-0.2, 0) is 32.5 Å². The van der Waals surface area contributed by atoms with Gasteiger partial charge in [0.15, 0.2) is 0 Å². The van der Waals surface area contributed by atoms with E-state index in [0.29, 0.717) is 5.58 Å². The van der Waals surface area contributed by atoms with Gasteiger partial charge >= 0.3 is 11.9 Å². The number of hydrogen-bond acceptors (Lipinski definition) is 5. The largest absolute Gasteiger partial charge is 0.481 e. The molecule has 3 rings (SSSR count). The molecule has 9 heteroatoms. The monoisotopic (exact) mass is 367 g/mol. The molecule has 1 heterocycles. The van der Waals surface area contributed by atoms with Gasteiger partial charge in [0.2, 0.25) is 10.0 Å². The van der Waals surface area contributed by atoms with Crippen molar-refractivity contribution < 1.29 is 32.6 Å². The molecule has 0 fully saturated rings. The van der Waals surface area contributed by atoms with Crippen LogP contribution in [0.15, 0.2) is 27.5 Å². The van der Waals surface area contributed by atoms with Crippen LogP contribution in [0.2, 0.25) is 0 Å². The molecule has 8 nitrogen and oxygen atoms in total. The van der Waals surface area contributed by atoms with Crippen molar-refractivity contribution in [3.05, 3.63) is 29.5 Å². The molecule has 0 saturated heterocycles. The molecule has 2 aromatic rings. The van der Waals surface area contributed by atoms with Crippen molar-refractivity contribution in [2.24, 2.45) is 0 Å². The summed E-state index contributed by atoms with van der Waals surface area (Å²) in [6.45, 7) is 0. The molecule has 3 N–H and O–H groups in total. The third kappa shape index (κ3) is 3.52. The summed E-state index contributed by atoms with van der Waals surface area (Å²) in [6, 6.07) is 2.61. The zero-order valence-electron chi connectivity index (χ0n) is 13.2. The average molecular weight is 367 g/mol. The van der Waals surface area contributed by atoms with Gasteiger partial charge in [0.1, 0.15) is 17.4 Å². The van der Waals surface area contributed by atoms with E-state index < -0.39 is 34.4 Å². The topological polar surface area (TPSA) is 134 Å². The molecule has 0 unspecified atom stereocenters. The van der Waals surface area contributed by atoms with E-state index in [4.69, 9.17) is 14.6 Å². The summed E-state index contributed by atoms with van der Waals surface area (Å²) in [6.07, 6.45) is 2.91. The van der Waals surface area contributed by atoms with E-state index in [9.17, 15) is 18.0 Å². The SMILES string of the molecule is O=C(O)C[C@@H](NS(=O)(=O)c1ccc2c3c(oc2c1)CCCC3)C(=O)O. The molecule has 0 bridgehead atoms. The second kappa shape index (κ2) is 6.49. The Morgan fingerprint density at radius 2 is 1.92 bits per heavy atom. The summed E-state index contributed by atoms with van der Waals surface area (Å²) in [5, 5.41) is 18.6. The molecule has 1 aliphatic rings. The number of aryl methyl sites for hydroxylation is 2. The Morgan fingerprint density at radius 3 is 2.60 bits per heavy atom. The first kappa shape index (κ1) is 17.4. The van der Waals surface area contributed by atoms with Crippen molar-refractivity contribution in [1.82, 2.24) is 4.72 Å². The lowest BCUT2D eigenvalue weighted by Gasteiger charge is -2.13. The highest BCUT2D eigenvalue weighted by molar-refractivity contribution is 7.89. The van der Waals surface area contributed by atoms with Crippen molar-refractivity contribution >= 4 is 32.9 Å². The third-order valence-corrected chi connectivity index (χ3v) is 5.68.